The van der Waals surface area contributed by atoms with Crippen molar-refractivity contribution in [1.82, 2.24) is 10.6 Å². The molecule has 0 spiro atoms. The Kier molecular flexibility index (Phi) is 7.14. The summed E-state index contributed by atoms with van der Waals surface area (Å²) in [6.07, 6.45) is -3.84. The summed E-state index contributed by atoms with van der Waals surface area (Å²) < 4.78 is 9.40. The Morgan fingerprint density at radius 1 is 1.22 bits per heavy atom. The van der Waals surface area contributed by atoms with Crippen LogP contribution in [-0.2, 0) is 9.47 Å². The fourth-order valence-electron chi connectivity index (χ4n) is 1.65. The smallest absolute Gasteiger partial charge is 0.416 e. The predicted octanol–water partition coefficient (Wildman–Crippen LogP) is 2.32. The van der Waals surface area contributed by atoms with Crippen molar-refractivity contribution < 1.29 is 23.9 Å². The van der Waals surface area contributed by atoms with Gasteiger partial charge in [-0.15, -0.1) is 0 Å². The van der Waals surface area contributed by atoms with E-state index < -0.39 is 24.4 Å². The molecule has 0 aromatic heterocycles. The molecule has 0 unspecified atom stereocenters. The van der Waals surface area contributed by atoms with E-state index in [1.807, 2.05) is 0 Å². The molecule has 9 heteroatoms. The molecule has 23 heavy (non-hydrogen) atoms. The highest BCUT2D eigenvalue weighted by atomic mass is 35.5. The van der Waals surface area contributed by atoms with Crippen molar-refractivity contribution in [2.45, 2.75) is 26.0 Å². The first-order valence-electron chi connectivity index (χ1n) is 6.76. The summed E-state index contributed by atoms with van der Waals surface area (Å²) >= 11 is 6.08. The first kappa shape index (κ1) is 18.6. The number of hydrogen-bond donors (Lipinski definition) is 3. The Bertz CT molecular complexity index is 579. The highest BCUT2D eigenvalue weighted by molar-refractivity contribution is 6.31. The van der Waals surface area contributed by atoms with E-state index in [0.29, 0.717) is 10.6 Å². The van der Waals surface area contributed by atoms with Gasteiger partial charge < -0.3 is 25.8 Å². The van der Waals surface area contributed by atoms with Crippen molar-refractivity contribution >= 4 is 29.9 Å². The Morgan fingerprint density at radius 3 is 2.43 bits per heavy atom. The summed E-state index contributed by atoms with van der Waals surface area (Å²) in [5.41, 5.74) is 5.23. The van der Waals surface area contributed by atoms with Crippen LogP contribution < -0.4 is 16.4 Å². The minimum absolute atomic E-state index is 0.123. The number of nitrogens with one attached hydrogen (secondary N) is 2. The first-order chi connectivity index (χ1) is 10.8. The van der Waals surface area contributed by atoms with Gasteiger partial charge in [0, 0.05) is 16.6 Å². The van der Waals surface area contributed by atoms with Gasteiger partial charge in [0.1, 0.15) is 6.10 Å². The number of primary amides is 1. The summed E-state index contributed by atoms with van der Waals surface area (Å²) in [6, 6.07) is 6.57. The molecule has 1 aromatic carbocycles. The van der Waals surface area contributed by atoms with Crippen LogP contribution >= 0.6 is 11.6 Å². The summed E-state index contributed by atoms with van der Waals surface area (Å²) in [5.74, 6) is 0. The molecule has 1 rings (SSSR count). The maximum atomic E-state index is 11.8. The predicted molar refractivity (Wildman–Crippen MR) is 83.0 cm³/mol. The number of nitrogens with two attached hydrogens (primary N) is 1. The molecule has 126 valence electrons. The molecule has 0 saturated carbocycles. The lowest BCUT2D eigenvalue weighted by atomic mass is 10.1. The molecular weight excluding hydrogens is 326 g/mol. The van der Waals surface area contributed by atoms with Crippen LogP contribution in [0.1, 0.15) is 25.5 Å². The van der Waals surface area contributed by atoms with Gasteiger partial charge >= 0.3 is 18.3 Å². The van der Waals surface area contributed by atoms with Gasteiger partial charge in [-0.25, -0.2) is 14.4 Å². The van der Waals surface area contributed by atoms with Crippen LogP contribution in [0.5, 0.6) is 0 Å². The molecule has 4 N–H and O–H groups in total. The van der Waals surface area contributed by atoms with Gasteiger partial charge in [-0.05, 0) is 19.9 Å². The maximum absolute atomic E-state index is 11.8. The van der Waals surface area contributed by atoms with Crippen LogP contribution in [0.15, 0.2) is 24.3 Å². The van der Waals surface area contributed by atoms with E-state index >= 15 is 0 Å². The van der Waals surface area contributed by atoms with Crippen LogP contribution in [0.2, 0.25) is 5.02 Å². The van der Waals surface area contributed by atoms with E-state index in [9.17, 15) is 14.4 Å². The lowest BCUT2D eigenvalue weighted by Crippen LogP contribution is -2.37. The standard InChI is InChI=1S/C14H18ClN3O5/c1-8(2)18-14(21)22-11(7-17-13(20)23-12(16)19)9-5-3-4-6-10(9)15/h3-6,8,11H,7H2,1-2H3,(H2,16,19)(H,17,20)(H,18,21)/t11-/m0/s1. The van der Waals surface area contributed by atoms with Crippen LogP contribution in [0.4, 0.5) is 14.4 Å². The van der Waals surface area contributed by atoms with Crippen molar-refractivity contribution in [2.75, 3.05) is 6.54 Å². The first-order valence-corrected chi connectivity index (χ1v) is 7.14. The van der Waals surface area contributed by atoms with Crippen molar-refractivity contribution in [3.63, 3.8) is 0 Å². The van der Waals surface area contributed by atoms with E-state index in [0.717, 1.165) is 0 Å². The van der Waals surface area contributed by atoms with E-state index in [-0.39, 0.29) is 12.6 Å². The number of carbonyl (C=O) groups excluding carboxylic acids is 3. The summed E-state index contributed by atoms with van der Waals surface area (Å²) in [6.45, 7) is 3.39. The largest absolute Gasteiger partial charge is 0.439 e. The molecule has 3 amide bonds. The molecule has 0 radical (unpaired) electrons. The minimum Gasteiger partial charge on any atom is -0.439 e. The molecule has 8 nitrogen and oxygen atoms in total. The van der Waals surface area contributed by atoms with Crippen LogP contribution in [0.3, 0.4) is 0 Å². The Balaban J connectivity index is 2.80. The Hall–Kier alpha value is -2.48. The van der Waals surface area contributed by atoms with Gasteiger partial charge in [0.25, 0.3) is 0 Å². The van der Waals surface area contributed by atoms with Gasteiger partial charge in [0.2, 0.25) is 0 Å². The van der Waals surface area contributed by atoms with Gasteiger partial charge in [0.05, 0.1) is 6.54 Å². The lowest BCUT2D eigenvalue weighted by Gasteiger charge is -2.20. The van der Waals surface area contributed by atoms with E-state index in [4.69, 9.17) is 22.1 Å². The van der Waals surface area contributed by atoms with Crippen LogP contribution in [-0.4, -0.2) is 30.9 Å². The number of halogens is 1. The molecule has 1 atom stereocenters. The monoisotopic (exact) mass is 343 g/mol. The average Bonchev–Trinajstić information content (AvgIpc) is 2.42. The highest BCUT2D eigenvalue weighted by Gasteiger charge is 2.21. The topological polar surface area (TPSA) is 120 Å². The second-order valence-electron chi connectivity index (χ2n) is 4.80. The Morgan fingerprint density at radius 2 is 1.87 bits per heavy atom. The summed E-state index contributed by atoms with van der Waals surface area (Å²) in [5, 5.41) is 5.19. The van der Waals surface area contributed by atoms with Crippen LogP contribution in [0.25, 0.3) is 0 Å². The second kappa shape index (κ2) is 8.84. The van der Waals surface area contributed by atoms with Crippen LogP contribution in [0, 0.1) is 0 Å². The zero-order chi connectivity index (χ0) is 17.4. The molecule has 0 aliphatic carbocycles. The van der Waals surface area contributed by atoms with E-state index in [1.54, 1.807) is 38.1 Å². The Labute approximate surface area is 138 Å². The third-order valence-electron chi connectivity index (χ3n) is 2.53. The zero-order valence-corrected chi connectivity index (χ0v) is 13.4. The highest BCUT2D eigenvalue weighted by Crippen LogP contribution is 2.25. The van der Waals surface area contributed by atoms with E-state index in [1.165, 1.54) is 0 Å². The lowest BCUT2D eigenvalue weighted by molar-refractivity contribution is 0.0923. The fourth-order valence-corrected chi connectivity index (χ4v) is 1.91. The van der Waals surface area contributed by atoms with Gasteiger partial charge in [0.15, 0.2) is 0 Å². The summed E-state index contributed by atoms with van der Waals surface area (Å²) in [4.78, 5) is 33.6. The fraction of sp³-hybridized carbons (Fsp3) is 0.357. The molecule has 0 bridgehead atoms. The van der Waals surface area contributed by atoms with Gasteiger partial charge in [-0.1, -0.05) is 29.8 Å². The SMILES string of the molecule is CC(C)NC(=O)O[C@@H](CNC(=O)OC(N)=O)c1ccccc1Cl. The zero-order valence-electron chi connectivity index (χ0n) is 12.7. The molecule has 0 heterocycles. The third kappa shape index (κ3) is 6.88. The van der Waals surface area contributed by atoms with Crippen molar-refractivity contribution in [2.24, 2.45) is 5.73 Å². The normalized spacial score (nSPS) is 11.5. The molecule has 0 aliphatic heterocycles. The molecule has 0 aliphatic rings. The van der Waals surface area contributed by atoms with Crippen molar-refractivity contribution in [3.8, 4) is 0 Å². The quantitative estimate of drug-likeness (QED) is 0.708. The van der Waals surface area contributed by atoms with Gasteiger partial charge in [-0.2, -0.15) is 0 Å². The molecule has 0 saturated heterocycles. The number of ether oxygens (including phenoxy) is 2. The van der Waals surface area contributed by atoms with E-state index in [2.05, 4.69) is 15.4 Å². The number of hydrogen-bond acceptors (Lipinski definition) is 5. The number of carbonyl (C=O) groups is 3. The number of rotatable bonds is 5. The van der Waals surface area contributed by atoms with Gasteiger partial charge in [-0.3, -0.25) is 0 Å². The molecule has 1 aromatic rings. The second-order valence-corrected chi connectivity index (χ2v) is 5.21. The maximum Gasteiger partial charge on any atom is 0.416 e. The third-order valence-corrected chi connectivity index (χ3v) is 2.88. The number of benzene rings is 1. The van der Waals surface area contributed by atoms with Crippen molar-refractivity contribution in [3.05, 3.63) is 34.9 Å². The van der Waals surface area contributed by atoms with Crippen molar-refractivity contribution in [1.29, 1.82) is 0 Å². The number of amides is 3. The number of alkyl carbamates (subject to hydrolysis) is 2. The average molecular weight is 344 g/mol. The summed E-state index contributed by atoms with van der Waals surface area (Å²) in [7, 11) is 0. The molecule has 0 fully saturated rings. The molecular formula is C14H18ClN3O5. The minimum atomic E-state index is -1.24.